The molecule has 3 aromatic rings. The fraction of sp³-hybridized carbons (Fsp3) is 0.158. The largest absolute Gasteiger partial charge is 0.494 e. The number of anilines is 1. The van der Waals surface area contributed by atoms with Crippen LogP contribution in [0, 0.1) is 17.5 Å². The van der Waals surface area contributed by atoms with E-state index in [0.29, 0.717) is 17.7 Å². The van der Waals surface area contributed by atoms with E-state index in [-0.39, 0.29) is 28.9 Å². The molecule has 0 fully saturated rings. The molecule has 0 unspecified atom stereocenters. The maximum absolute atomic E-state index is 14.5. The van der Waals surface area contributed by atoms with Crippen LogP contribution in [0.1, 0.15) is 11.1 Å². The third-order valence-electron chi connectivity index (χ3n) is 4.79. The maximum Gasteiger partial charge on any atom is 0.414 e. The van der Waals surface area contributed by atoms with Gasteiger partial charge in [-0.15, -0.1) is 0 Å². The molecule has 1 amide bonds. The van der Waals surface area contributed by atoms with Crippen molar-refractivity contribution in [3.8, 4) is 5.75 Å². The Bertz CT molecular complexity index is 1320. The zero-order valence-electron chi connectivity index (χ0n) is 15.9. The van der Waals surface area contributed by atoms with E-state index in [9.17, 15) is 26.4 Å². The van der Waals surface area contributed by atoms with Crippen molar-refractivity contribution in [2.75, 3.05) is 12.0 Å². The minimum atomic E-state index is -4.34. The molecule has 1 aliphatic rings. The first-order valence-corrected chi connectivity index (χ1v) is 10.2. The van der Waals surface area contributed by atoms with E-state index in [1.54, 1.807) is 0 Å². The number of rotatable bonds is 4. The zero-order valence-corrected chi connectivity index (χ0v) is 16.7. The Labute approximate surface area is 174 Å². The number of hydrogen-bond donors (Lipinski definition) is 1. The Morgan fingerprint density at radius 1 is 1.16 bits per heavy atom. The molecular weight excluding hydrogens is 439 g/mol. The fourth-order valence-electron chi connectivity index (χ4n) is 3.31. The lowest BCUT2D eigenvalue weighted by atomic mass is 10.1. The molecule has 1 aliphatic heterocycles. The maximum atomic E-state index is 14.5. The van der Waals surface area contributed by atoms with Crippen molar-refractivity contribution < 1.29 is 35.9 Å². The highest BCUT2D eigenvalue weighted by Crippen LogP contribution is 2.37. The van der Waals surface area contributed by atoms with E-state index in [1.807, 2.05) is 0 Å². The lowest BCUT2D eigenvalue weighted by molar-refractivity contribution is 0.141. The van der Waals surface area contributed by atoms with Crippen LogP contribution < -0.4 is 14.8 Å². The number of halogens is 3. The first-order valence-electron chi connectivity index (χ1n) is 8.70. The second-order valence-electron chi connectivity index (χ2n) is 6.69. The van der Waals surface area contributed by atoms with Gasteiger partial charge in [0.25, 0.3) is 0 Å². The molecule has 8 nitrogen and oxygen atoms in total. The number of hydrogen-bond acceptors (Lipinski definition) is 6. The molecule has 0 saturated carbocycles. The summed E-state index contributed by atoms with van der Waals surface area (Å²) in [6.45, 7) is -0.822. The van der Waals surface area contributed by atoms with Crippen LogP contribution in [0.2, 0.25) is 0 Å². The predicted octanol–water partition coefficient (Wildman–Crippen LogP) is 2.96. The van der Waals surface area contributed by atoms with Gasteiger partial charge in [0.2, 0.25) is 10.0 Å². The van der Waals surface area contributed by atoms with Gasteiger partial charge in [0, 0.05) is 28.8 Å². The first-order chi connectivity index (χ1) is 14.6. The Morgan fingerprint density at radius 3 is 2.45 bits per heavy atom. The average Bonchev–Trinajstić information content (AvgIpc) is 2.70. The molecule has 0 atom stereocenters. The van der Waals surface area contributed by atoms with Gasteiger partial charge in [0.1, 0.15) is 18.2 Å². The van der Waals surface area contributed by atoms with Crippen molar-refractivity contribution in [3.05, 3.63) is 59.0 Å². The van der Waals surface area contributed by atoms with Gasteiger partial charge >= 0.3 is 6.09 Å². The number of benzene rings is 2. The molecule has 0 bridgehead atoms. The van der Waals surface area contributed by atoms with Crippen LogP contribution in [0.25, 0.3) is 10.9 Å². The molecule has 0 spiro atoms. The molecule has 12 heteroatoms. The zero-order chi connectivity index (χ0) is 22.5. The van der Waals surface area contributed by atoms with Crippen molar-refractivity contribution in [3.63, 3.8) is 0 Å². The van der Waals surface area contributed by atoms with Crippen LogP contribution >= 0.6 is 0 Å². The second-order valence-corrected chi connectivity index (χ2v) is 8.25. The SMILES string of the molecule is COc1cc2ncc3c(c2cc1F)N(Cc1c(F)cc(S(N)(=O)=O)cc1F)C(=O)OC3. The van der Waals surface area contributed by atoms with Crippen molar-refractivity contribution >= 4 is 32.7 Å². The molecule has 0 radical (unpaired) electrons. The number of amides is 1. The molecule has 4 rings (SSSR count). The number of aromatic nitrogens is 1. The molecule has 31 heavy (non-hydrogen) atoms. The monoisotopic (exact) mass is 453 g/mol. The van der Waals surface area contributed by atoms with Crippen molar-refractivity contribution in [2.24, 2.45) is 5.14 Å². The average molecular weight is 453 g/mol. The minimum Gasteiger partial charge on any atom is -0.494 e. The van der Waals surface area contributed by atoms with Crippen LogP contribution in [0.4, 0.5) is 23.7 Å². The summed E-state index contributed by atoms with van der Waals surface area (Å²) in [6.07, 6.45) is 0.469. The van der Waals surface area contributed by atoms with Crippen molar-refractivity contribution in [1.29, 1.82) is 0 Å². The highest BCUT2D eigenvalue weighted by molar-refractivity contribution is 7.89. The van der Waals surface area contributed by atoms with E-state index < -0.39 is 50.6 Å². The summed E-state index contributed by atoms with van der Waals surface area (Å²) in [5, 5.41) is 5.12. The van der Waals surface area contributed by atoms with E-state index >= 15 is 0 Å². The molecule has 162 valence electrons. The fourth-order valence-corrected chi connectivity index (χ4v) is 3.84. The van der Waals surface area contributed by atoms with E-state index in [4.69, 9.17) is 14.6 Å². The van der Waals surface area contributed by atoms with Crippen LogP contribution in [-0.4, -0.2) is 26.6 Å². The number of sulfonamides is 1. The number of primary sulfonamides is 1. The van der Waals surface area contributed by atoms with Gasteiger partial charge in [-0.2, -0.15) is 0 Å². The Hall–Kier alpha value is -3.38. The summed E-state index contributed by atoms with van der Waals surface area (Å²) < 4.78 is 76.2. The Balaban J connectivity index is 1.87. The molecule has 1 aromatic heterocycles. The van der Waals surface area contributed by atoms with Gasteiger partial charge < -0.3 is 9.47 Å². The number of ether oxygens (including phenoxy) is 2. The van der Waals surface area contributed by atoms with Gasteiger partial charge in [0.05, 0.1) is 29.8 Å². The van der Waals surface area contributed by atoms with Crippen LogP contribution in [0.15, 0.2) is 35.4 Å². The van der Waals surface area contributed by atoms with E-state index in [2.05, 4.69) is 4.98 Å². The normalized spacial score (nSPS) is 13.8. The predicted molar refractivity (Wildman–Crippen MR) is 102 cm³/mol. The molecular formula is C19H14F3N3O5S. The van der Waals surface area contributed by atoms with Crippen molar-refractivity contribution in [2.45, 2.75) is 18.0 Å². The van der Waals surface area contributed by atoms with Crippen LogP contribution in [-0.2, 0) is 27.9 Å². The van der Waals surface area contributed by atoms with Gasteiger partial charge in [0.15, 0.2) is 11.6 Å². The lowest BCUT2D eigenvalue weighted by Crippen LogP contribution is -2.36. The first kappa shape index (κ1) is 20.9. The number of pyridine rings is 1. The summed E-state index contributed by atoms with van der Waals surface area (Å²) in [5.74, 6) is -3.25. The summed E-state index contributed by atoms with van der Waals surface area (Å²) in [4.78, 5) is 16.8. The van der Waals surface area contributed by atoms with Gasteiger partial charge in [-0.1, -0.05) is 0 Å². The Morgan fingerprint density at radius 2 is 1.84 bits per heavy atom. The molecule has 2 N–H and O–H groups in total. The summed E-state index contributed by atoms with van der Waals surface area (Å²) in [6, 6.07) is 3.53. The molecule has 2 aromatic carbocycles. The quantitative estimate of drug-likeness (QED) is 0.650. The number of methoxy groups -OCH3 is 1. The van der Waals surface area contributed by atoms with E-state index in [1.165, 1.54) is 19.4 Å². The van der Waals surface area contributed by atoms with Crippen molar-refractivity contribution in [1.82, 2.24) is 4.98 Å². The standard InChI is InChI=1S/C19H14F3N3O5S/c1-29-17-5-16-11(4-15(17)22)18-9(6-24-16)8-30-19(26)25(18)7-12-13(20)2-10(3-14(12)21)31(23,27)28/h2-6H,7-8H2,1H3,(H2,23,27,28). The number of carbonyl (C=O) groups is 1. The van der Waals surface area contributed by atoms with E-state index in [0.717, 1.165) is 11.0 Å². The number of nitrogens with two attached hydrogens (primary N) is 1. The third-order valence-corrected chi connectivity index (χ3v) is 5.68. The lowest BCUT2D eigenvalue weighted by Gasteiger charge is -2.30. The minimum absolute atomic E-state index is 0.0689. The number of carbonyl (C=O) groups excluding carboxylic acids is 1. The van der Waals surface area contributed by atoms with Crippen LogP contribution in [0.3, 0.4) is 0 Å². The third kappa shape index (κ3) is 3.64. The summed E-state index contributed by atoms with van der Waals surface area (Å²) in [7, 11) is -3.06. The second kappa shape index (κ2) is 7.39. The van der Waals surface area contributed by atoms with Crippen LogP contribution in [0.5, 0.6) is 5.75 Å². The summed E-state index contributed by atoms with van der Waals surface area (Å²) >= 11 is 0. The van der Waals surface area contributed by atoms with Gasteiger partial charge in [-0.25, -0.2) is 31.5 Å². The smallest absolute Gasteiger partial charge is 0.414 e. The molecule has 0 saturated heterocycles. The van der Waals surface area contributed by atoms with Gasteiger partial charge in [-0.3, -0.25) is 9.88 Å². The molecule has 0 aliphatic carbocycles. The summed E-state index contributed by atoms with van der Waals surface area (Å²) in [5.41, 5.74) is 0.231. The Kier molecular flexibility index (Phi) is 4.98. The topological polar surface area (TPSA) is 112 Å². The van der Waals surface area contributed by atoms with Gasteiger partial charge in [-0.05, 0) is 18.2 Å². The highest BCUT2D eigenvalue weighted by atomic mass is 32.2. The highest BCUT2D eigenvalue weighted by Gasteiger charge is 2.31. The number of fused-ring (bicyclic) bond motifs is 3. The molecule has 2 heterocycles. The number of cyclic esters (lactones) is 1. The number of nitrogens with zero attached hydrogens (tertiary/aromatic N) is 2.